The number of hydrogen-bond acceptors (Lipinski definition) is 7. The van der Waals surface area contributed by atoms with Crippen LogP contribution in [0.25, 0.3) is 23.0 Å². The first-order valence-electron chi connectivity index (χ1n) is 11.6. The van der Waals surface area contributed by atoms with Gasteiger partial charge < -0.3 is 20.4 Å². The summed E-state index contributed by atoms with van der Waals surface area (Å²) >= 11 is 6.05. The van der Waals surface area contributed by atoms with Crippen LogP contribution in [0.4, 0.5) is 10.5 Å². The Balaban J connectivity index is 1.54. The van der Waals surface area contributed by atoms with Gasteiger partial charge in [-0.3, -0.25) is 9.69 Å². The molecule has 0 aliphatic carbocycles. The standard InChI is InChI=1S/C27H22ClN5O6/c1-39-21-4-2-3-16(13-21)15-31-26(35)23(29-27(31)36)14-22-24(17-5-7-18(28)8-6-17)30-32(25(22)34)19-9-11-20(12-10-19)33(37)38/h2-14,33-34,37H,15H2,1H3,(H,29,36)/b23-14-. The fourth-order valence-corrected chi connectivity index (χ4v) is 4.24. The van der Waals surface area contributed by atoms with Crippen molar-refractivity contribution in [2.24, 2.45) is 0 Å². The molecule has 1 aliphatic rings. The predicted molar refractivity (Wildman–Crippen MR) is 142 cm³/mol. The lowest BCUT2D eigenvalue weighted by Crippen LogP contribution is -2.99. The van der Waals surface area contributed by atoms with Gasteiger partial charge in [0.2, 0.25) is 5.88 Å². The third kappa shape index (κ3) is 5.19. The number of nitrogens with zero attached hydrogens (tertiary/aromatic N) is 3. The fraction of sp³-hybridized carbons (Fsp3) is 0.0741. The van der Waals surface area contributed by atoms with Gasteiger partial charge in [-0.2, -0.15) is 10.3 Å². The second-order valence-electron chi connectivity index (χ2n) is 8.59. The average Bonchev–Trinajstić information content (AvgIpc) is 3.40. The Morgan fingerprint density at radius 1 is 1.10 bits per heavy atom. The van der Waals surface area contributed by atoms with Gasteiger partial charge in [-0.25, -0.2) is 14.7 Å². The van der Waals surface area contributed by atoms with E-state index in [1.165, 1.54) is 42.1 Å². The highest BCUT2D eigenvalue weighted by Gasteiger charge is 2.34. The van der Waals surface area contributed by atoms with Crippen LogP contribution >= 0.6 is 11.6 Å². The van der Waals surface area contributed by atoms with E-state index in [1.54, 1.807) is 48.5 Å². The lowest BCUT2D eigenvalue weighted by atomic mass is 10.1. The van der Waals surface area contributed by atoms with Gasteiger partial charge in [-0.15, -0.1) is 0 Å². The van der Waals surface area contributed by atoms with Gasteiger partial charge in [0.15, 0.2) is 5.69 Å². The minimum atomic E-state index is -1.09. The van der Waals surface area contributed by atoms with Gasteiger partial charge in [0.25, 0.3) is 5.91 Å². The minimum absolute atomic E-state index is 0.0183. The van der Waals surface area contributed by atoms with Crippen LogP contribution in [0.15, 0.2) is 78.5 Å². The zero-order valence-electron chi connectivity index (χ0n) is 20.5. The number of carbonyl (C=O) groups is 2. The van der Waals surface area contributed by atoms with Gasteiger partial charge in [0.1, 0.15) is 17.1 Å². The lowest BCUT2D eigenvalue weighted by molar-refractivity contribution is -0.991. The zero-order valence-corrected chi connectivity index (χ0v) is 21.2. The number of ether oxygens (including phenoxy) is 1. The smallest absolute Gasteiger partial charge is 0.329 e. The van der Waals surface area contributed by atoms with E-state index >= 15 is 0 Å². The number of rotatable bonds is 7. The molecule has 4 aromatic rings. The van der Waals surface area contributed by atoms with Crippen LogP contribution in [-0.2, 0) is 11.3 Å². The van der Waals surface area contributed by atoms with E-state index in [0.29, 0.717) is 33.3 Å². The van der Waals surface area contributed by atoms with E-state index in [9.17, 15) is 25.1 Å². The van der Waals surface area contributed by atoms with Gasteiger partial charge in [0.05, 0.1) is 24.9 Å². The topological polar surface area (TPSA) is 144 Å². The Morgan fingerprint density at radius 3 is 2.49 bits per heavy atom. The van der Waals surface area contributed by atoms with E-state index in [1.807, 2.05) is 0 Å². The van der Waals surface area contributed by atoms with Crippen molar-refractivity contribution in [2.75, 3.05) is 7.11 Å². The van der Waals surface area contributed by atoms with Crippen molar-refractivity contribution in [3.8, 4) is 28.6 Å². The van der Waals surface area contributed by atoms with Gasteiger partial charge in [-0.05, 0) is 48.0 Å². The van der Waals surface area contributed by atoms with Crippen LogP contribution in [0.1, 0.15) is 11.1 Å². The molecule has 198 valence electrons. The molecule has 1 aromatic heterocycles. The summed E-state index contributed by atoms with van der Waals surface area (Å²) in [6.45, 7) is 0.0183. The number of imide groups is 1. The number of carbonyl (C=O) groups excluding carboxylic acids is 2. The highest BCUT2D eigenvalue weighted by molar-refractivity contribution is 6.30. The van der Waals surface area contributed by atoms with Gasteiger partial charge >= 0.3 is 6.03 Å². The molecule has 0 spiro atoms. The number of benzene rings is 3. The number of aromatic nitrogens is 2. The Hall–Kier alpha value is -4.68. The number of halogens is 1. The second kappa shape index (κ2) is 10.6. The summed E-state index contributed by atoms with van der Waals surface area (Å²) in [5, 5.41) is 38.1. The molecule has 0 bridgehead atoms. The quantitative estimate of drug-likeness (QED) is 0.158. The Bertz CT molecular complexity index is 1580. The molecule has 3 aromatic carbocycles. The molecule has 0 radical (unpaired) electrons. The highest BCUT2D eigenvalue weighted by Crippen LogP contribution is 2.35. The number of urea groups is 1. The molecule has 1 fully saturated rings. The molecule has 4 N–H and O–H groups in total. The summed E-state index contributed by atoms with van der Waals surface area (Å²) in [6.07, 6.45) is 1.36. The van der Waals surface area contributed by atoms with E-state index in [-0.39, 0.29) is 29.4 Å². The van der Waals surface area contributed by atoms with E-state index < -0.39 is 17.2 Å². The number of aromatic hydroxyl groups is 1. The maximum absolute atomic E-state index is 13.2. The molecule has 12 heteroatoms. The van der Waals surface area contributed by atoms with Crippen molar-refractivity contribution in [3.63, 3.8) is 0 Å². The highest BCUT2D eigenvalue weighted by atomic mass is 35.5. The van der Waals surface area contributed by atoms with Crippen molar-refractivity contribution >= 4 is 35.3 Å². The molecule has 11 nitrogen and oxygen atoms in total. The Kier molecular flexibility index (Phi) is 7.05. The summed E-state index contributed by atoms with van der Waals surface area (Å²) in [4.78, 5) is 27.0. The van der Waals surface area contributed by atoms with Crippen LogP contribution in [-0.4, -0.2) is 44.0 Å². The summed E-state index contributed by atoms with van der Waals surface area (Å²) in [6, 6.07) is 18.9. The molecule has 1 unspecified atom stereocenters. The van der Waals surface area contributed by atoms with Crippen molar-refractivity contribution in [3.05, 3.63) is 99.9 Å². The van der Waals surface area contributed by atoms with Crippen molar-refractivity contribution in [2.45, 2.75) is 6.54 Å². The molecule has 5 rings (SSSR count). The second-order valence-corrected chi connectivity index (χ2v) is 9.02. The predicted octanol–water partition coefficient (Wildman–Crippen LogP) is 3.40. The molecule has 1 atom stereocenters. The number of hydrogen-bond donors (Lipinski definition) is 4. The van der Waals surface area contributed by atoms with Crippen molar-refractivity contribution in [1.82, 2.24) is 20.0 Å². The van der Waals surface area contributed by atoms with E-state index in [0.717, 1.165) is 4.90 Å². The molecular formula is C27H22ClN5O6. The zero-order chi connectivity index (χ0) is 27.7. The summed E-state index contributed by atoms with van der Waals surface area (Å²) in [5.74, 6) is -0.302. The molecule has 2 heterocycles. The molecule has 1 aliphatic heterocycles. The third-order valence-corrected chi connectivity index (χ3v) is 6.35. The van der Waals surface area contributed by atoms with E-state index in [4.69, 9.17) is 16.3 Å². The first-order chi connectivity index (χ1) is 18.7. The SMILES string of the molecule is COc1cccc(CN2C(=O)N/C(=C\c3c(-c4ccc(Cl)cc4)nn(-c4ccc([NH+]([O-])O)cc4)c3O)C2=O)c1. The van der Waals surface area contributed by atoms with E-state index in [2.05, 4.69) is 10.4 Å². The Labute approximate surface area is 227 Å². The van der Waals surface area contributed by atoms with Crippen LogP contribution in [0.2, 0.25) is 5.02 Å². The molecule has 0 saturated carbocycles. The number of quaternary nitrogens is 1. The summed E-state index contributed by atoms with van der Waals surface area (Å²) in [7, 11) is 1.53. The van der Waals surface area contributed by atoms with Gasteiger partial charge in [0, 0.05) is 22.7 Å². The molecule has 39 heavy (non-hydrogen) atoms. The average molecular weight is 548 g/mol. The van der Waals surface area contributed by atoms with Crippen LogP contribution in [0, 0.1) is 5.21 Å². The van der Waals surface area contributed by atoms with Crippen molar-refractivity contribution in [1.29, 1.82) is 0 Å². The first-order valence-corrected chi connectivity index (χ1v) is 12.0. The summed E-state index contributed by atoms with van der Waals surface area (Å²) < 4.78 is 6.44. The molecule has 1 saturated heterocycles. The number of amides is 3. The normalized spacial score (nSPS) is 15.1. The maximum Gasteiger partial charge on any atom is 0.329 e. The lowest BCUT2D eigenvalue weighted by Gasteiger charge is -2.12. The largest absolute Gasteiger partial charge is 0.595 e. The molecular weight excluding hydrogens is 526 g/mol. The first kappa shape index (κ1) is 25.9. The number of methoxy groups -OCH3 is 1. The third-order valence-electron chi connectivity index (χ3n) is 6.10. The van der Waals surface area contributed by atoms with Gasteiger partial charge in [-0.1, -0.05) is 35.9 Å². The van der Waals surface area contributed by atoms with Crippen LogP contribution < -0.4 is 15.3 Å². The van der Waals surface area contributed by atoms with Crippen LogP contribution in [0.3, 0.4) is 0 Å². The van der Waals surface area contributed by atoms with Crippen LogP contribution in [0.5, 0.6) is 11.6 Å². The van der Waals surface area contributed by atoms with Crippen molar-refractivity contribution < 1.29 is 29.9 Å². The minimum Gasteiger partial charge on any atom is -0.595 e. The maximum atomic E-state index is 13.2. The monoisotopic (exact) mass is 547 g/mol. The number of nitrogens with one attached hydrogen (secondary N) is 2. The summed E-state index contributed by atoms with van der Waals surface area (Å²) in [5.41, 5.74) is 2.18. The Morgan fingerprint density at radius 2 is 1.82 bits per heavy atom. The molecule has 3 amide bonds. The fourth-order valence-electron chi connectivity index (χ4n) is 4.11.